The van der Waals surface area contributed by atoms with Gasteiger partial charge in [-0.05, 0) is 24.6 Å². The standard InChI is InChI=1S/C18H16N2O2/c1-12-4-2-5-13(10-12)11-20-18(22)15-8-7-14-6-3-9-19-16(14)17(15)21/h2-10,21H,11H2,1H3,(H,20,22). The second-order valence-corrected chi connectivity index (χ2v) is 5.21. The maximum Gasteiger partial charge on any atom is 0.255 e. The zero-order valence-corrected chi connectivity index (χ0v) is 12.2. The summed E-state index contributed by atoms with van der Waals surface area (Å²) in [4.78, 5) is 16.4. The molecule has 0 aliphatic heterocycles. The number of aromatic hydroxyl groups is 1. The van der Waals surface area contributed by atoms with Crippen LogP contribution in [0.2, 0.25) is 0 Å². The van der Waals surface area contributed by atoms with Gasteiger partial charge in [0.25, 0.3) is 5.91 Å². The van der Waals surface area contributed by atoms with E-state index in [1.807, 2.05) is 37.3 Å². The van der Waals surface area contributed by atoms with Crippen molar-refractivity contribution in [3.8, 4) is 5.75 Å². The number of aryl methyl sites for hydroxylation is 1. The third-order valence-electron chi connectivity index (χ3n) is 3.53. The minimum atomic E-state index is -0.313. The molecule has 0 atom stereocenters. The molecule has 0 aliphatic carbocycles. The molecule has 0 saturated carbocycles. The Kier molecular flexibility index (Phi) is 3.74. The smallest absolute Gasteiger partial charge is 0.255 e. The van der Waals surface area contributed by atoms with Gasteiger partial charge in [-0.15, -0.1) is 0 Å². The molecule has 0 aliphatic rings. The van der Waals surface area contributed by atoms with Gasteiger partial charge in [0.15, 0.2) is 5.75 Å². The van der Waals surface area contributed by atoms with Crippen LogP contribution in [0.3, 0.4) is 0 Å². The predicted octanol–water partition coefficient (Wildman–Crippen LogP) is 3.18. The Morgan fingerprint density at radius 3 is 2.86 bits per heavy atom. The highest BCUT2D eigenvalue weighted by Gasteiger charge is 2.14. The molecule has 3 rings (SSSR count). The molecule has 2 N–H and O–H groups in total. The lowest BCUT2D eigenvalue weighted by Gasteiger charge is -2.09. The van der Waals surface area contributed by atoms with Crippen molar-refractivity contribution in [3.63, 3.8) is 0 Å². The van der Waals surface area contributed by atoms with Crippen molar-refractivity contribution in [2.45, 2.75) is 13.5 Å². The van der Waals surface area contributed by atoms with Gasteiger partial charge in [-0.2, -0.15) is 0 Å². The number of hydrogen-bond acceptors (Lipinski definition) is 3. The highest BCUT2D eigenvalue weighted by molar-refractivity contribution is 6.02. The van der Waals surface area contributed by atoms with E-state index in [-0.39, 0.29) is 17.2 Å². The first-order valence-electron chi connectivity index (χ1n) is 7.05. The number of rotatable bonds is 3. The fourth-order valence-corrected chi connectivity index (χ4v) is 2.41. The number of aromatic nitrogens is 1. The first-order chi connectivity index (χ1) is 10.6. The summed E-state index contributed by atoms with van der Waals surface area (Å²) in [6.07, 6.45) is 1.59. The van der Waals surface area contributed by atoms with Gasteiger partial charge in [0, 0.05) is 18.1 Å². The summed E-state index contributed by atoms with van der Waals surface area (Å²) in [6.45, 7) is 2.42. The number of phenols is 1. The molecule has 0 unspecified atom stereocenters. The number of phenolic OH excluding ortho intramolecular Hbond substituents is 1. The Morgan fingerprint density at radius 1 is 1.18 bits per heavy atom. The van der Waals surface area contributed by atoms with Gasteiger partial charge < -0.3 is 10.4 Å². The highest BCUT2D eigenvalue weighted by Crippen LogP contribution is 2.26. The lowest BCUT2D eigenvalue weighted by Crippen LogP contribution is -2.23. The molecule has 0 radical (unpaired) electrons. The number of hydrogen-bond donors (Lipinski definition) is 2. The predicted molar refractivity (Wildman–Crippen MR) is 85.8 cm³/mol. The van der Waals surface area contributed by atoms with E-state index < -0.39 is 0 Å². The van der Waals surface area contributed by atoms with Gasteiger partial charge in [0.05, 0.1) is 5.56 Å². The van der Waals surface area contributed by atoms with Gasteiger partial charge in [-0.1, -0.05) is 42.0 Å². The number of carbonyl (C=O) groups is 1. The Bertz CT molecular complexity index is 843. The van der Waals surface area contributed by atoms with Crippen molar-refractivity contribution >= 4 is 16.8 Å². The zero-order chi connectivity index (χ0) is 15.5. The quantitative estimate of drug-likeness (QED) is 0.779. The summed E-state index contributed by atoms with van der Waals surface area (Å²) in [5.41, 5.74) is 2.83. The number of pyridine rings is 1. The molecule has 2 aromatic carbocycles. The minimum Gasteiger partial charge on any atom is -0.505 e. The van der Waals surface area contributed by atoms with Crippen LogP contribution in [-0.2, 0) is 6.54 Å². The van der Waals surface area contributed by atoms with Gasteiger partial charge in [-0.25, -0.2) is 0 Å². The summed E-state index contributed by atoms with van der Waals surface area (Å²) < 4.78 is 0. The number of carbonyl (C=O) groups excluding carboxylic acids is 1. The fraction of sp³-hybridized carbons (Fsp3) is 0.111. The molecule has 0 spiro atoms. The van der Waals surface area contributed by atoms with Crippen molar-refractivity contribution in [2.75, 3.05) is 0 Å². The topological polar surface area (TPSA) is 62.2 Å². The van der Waals surface area contributed by atoms with E-state index in [9.17, 15) is 9.90 Å². The molecular formula is C18H16N2O2. The summed E-state index contributed by atoms with van der Waals surface area (Å²) in [5.74, 6) is -0.397. The lowest BCUT2D eigenvalue weighted by molar-refractivity contribution is 0.0948. The van der Waals surface area contributed by atoms with Crippen LogP contribution in [-0.4, -0.2) is 16.0 Å². The SMILES string of the molecule is Cc1cccc(CNC(=O)c2ccc3cccnc3c2O)c1. The Balaban J connectivity index is 1.82. The van der Waals surface area contributed by atoms with Gasteiger partial charge in [0.1, 0.15) is 5.52 Å². The number of nitrogens with one attached hydrogen (secondary N) is 1. The molecule has 4 nitrogen and oxygen atoms in total. The first-order valence-corrected chi connectivity index (χ1v) is 7.05. The number of benzene rings is 2. The monoisotopic (exact) mass is 292 g/mol. The normalized spacial score (nSPS) is 10.6. The zero-order valence-electron chi connectivity index (χ0n) is 12.2. The Morgan fingerprint density at radius 2 is 2.05 bits per heavy atom. The van der Waals surface area contributed by atoms with E-state index in [4.69, 9.17) is 0 Å². The van der Waals surface area contributed by atoms with Crippen LogP contribution in [0.25, 0.3) is 10.9 Å². The molecule has 4 heteroatoms. The average Bonchev–Trinajstić information content (AvgIpc) is 2.53. The van der Waals surface area contributed by atoms with Crippen molar-refractivity contribution in [3.05, 3.63) is 71.4 Å². The maximum atomic E-state index is 12.3. The molecule has 22 heavy (non-hydrogen) atoms. The van der Waals surface area contributed by atoms with E-state index >= 15 is 0 Å². The molecule has 0 bridgehead atoms. The van der Waals surface area contributed by atoms with Crippen molar-refractivity contribution < 1.29 is 9.90 Å². The Labute approximate surface area is 128 Å². The van der Waals surface area contributed by atoms with Crippen LogP contribution in [0.5, 0.6) is 5.75 Å². The van der Waals surface area contributed by atoms with Gasteiger partial charge in [-0.3, -0.25) is 9.78 Å². The summed E-state index contributed by atoms with van der Waals surface area (Å²) >= 11 is 0. The van der Waals surface area contributed by atoms with Crippen molar-refractivity contribution in [1.82, 2.24) is 10.3 Å². The first kappa shape index (κ1) is 14.1. The second-order valence-electron chi connectivity index (χ2n) is 5.21. The highest BCUT2D eigenvalue weighted by atomic mass is 16.3. The van der Waals surface area contributed by atoms with Crippen LogP contribution in [0.1, 0.15) is 21.5 Å². The lowest BCUT2D eigenvalue weighted by atomic mass is 10.1. The summed E-state index contributed by atoms with van der Waals surface area (Å²) in [5, 5.41) is 13.9. The van der Waals surface area contributed by atoms with E-state index in [1.54, 1.807) is 24.4 Å². The molecule has 1 aromatic heterocycles. The molecule has 110 valence electrons. The summed E-state index contributed by atoms with van der Waals surface area (Å²) in [7, 11) is 0. The van der Waals surface area contributed by atoms with E-state index in [2.05, 4.69) is 10.3 Å². The van der Waals surface area contributed by atoms with Crippen LogP contribution >= 0.6 is 0 Å². The number of amides is 1. The number of nitrogens with zero attached hydrogens (tertiary/aromatic N) is 1. The van der Waals surface area contributed by atoms with E-state index in [0.717, 1.165) is 16.5 Å². The minimum absolute atomic E-state index is 0.0835. The largest absolute Gasteiger partial charge is 0.505 e. The second kappa shape index (κ2) is 5.85. The van der Waals surface area contributed by atoms with E-state index in [1.165, 1.54) is 0 Å². The van der Waals surface area contributed by atoms with Crippen molar-refractivity contribution in [2.24, 2.45) is 0 Å². The molecule has 0 saturated heterocycles. The fourth-order valence-electron chi connectivity index (χ4n) is 2.41. The van der Waals surface area contributed by atoms with Gasteiger partial charge >= 0.3 is 0 Å². The molecule has 1 amide bonds. The van der Waals surface area contributed by atoms with Crippen molar-refractivity contribution in [1.29, 1.82) is 0 Å². The Hall–Kier alpha value is -2.88. The van der Waals surface area contributed by atoms with Crippen LogP contribution in [0.15, 0.2) is 54.7 Å². The van der Waals surface area contributed by atoms with Crippen LogP contribution in [0, 0.1) is 6.92 Å². The summed E-state index contributed by atoms with van der Waals surface area (Å²) in [6, 6.07) is 15.0. The molecule has 1 heterocycles. The van der Waals surface area contributed by atoms with Gasteiger partial charge in [0.2, 0.25) is 0 Å². The third-order valence-corrected chi connectivity index (χ3v) is 3.53. The molecule has 3 aromatic rings. The number of fused-ring (bicyclic) bond motifs is 1. The average molecular weight is 292 g/mol. The third kappa shape index (κ3) is 2.76. The van der Waals surface area contributed by atoms with E-state index in [0.29, 0.717) is 12.1 Å². The van der Waals surface area contributed by atoms with Crippen LogP contribution in [0.4, 0.5) is 0 Å². The van der Waals surface area contributed by atoms with Crippen LogP contribution < -0.4 is 5.32 Å². The molecular weight excluding hydrogens is 276 g/mol. The molecule has 0 fully saturated rings. The maximum absolute atomic E-state index is 12.3.